The Hall–Kier alpha value is -2.50. The van der Waals surface area contributed by atoms with Gasteiger partial charge < -0.3 is 9.14 Å². The Labute approximate surface area is 153 Å². The van der Waals surface area contributed by atoms with Crippen LogP contribution >= 0.6 is 0 Å². The fourth-order valence-corrected chi connectivity index (χ4v) is 3.59. The highest BCUT2D eigenvalue weighted by Crippen LogP contribution is 2.20. The number of carbonyl (C=O) groups excluding carboxylic acids is 1. The molecule has 5 nitrogen and oxygen atoms in total. The SMILES string of the molecule is Cc1nc2ccccn2c1CN1CCOC[C@@H]1CC(=O)c1ccccc1. The number of nitrogens with zero attached hydrogens (tertiary/aromatic N) is 3. The first-order chi connectivity index (χ1) is 12.7. The van der Waals surface area contributed by atoms with Crippen LogP contribution in [0.4, 0.5) is 0 Å². The Bertz CT molecular complexity index is 904. The zero-order chi connectivity index (χ0) is 17.9. The number of morpholine rings is 1. The van der Waals surface area contributed by atoms with Crippen LogP contribution in [0, 0.1) is 6.92 Å². The molecule has 0 unspecified atom stereocenters. The molecule has 1 atom stereocenters. The number of aromatic nitrogens is 2. The minimum Gasteiger partial charge on any atom is -0.378 e. The van der Waals surface area contributed by atoms with Crippen LogP contribution in [0.15, 0.2) is 54.7 Å². The van der Waals surface area contributed by atoms with E-state index in [2.05, 4.69) is 20.5 Å². The van der Waals surface area contributed by atoms with Crippen molar-refractivity contribution in [1.29, 1.82) is 0 Å². The van der Waals surface area contributed by atoms with Crippen LogP contribution in [0.25, 0.3) is 5.65 Å². The molecule has 2 aromatic heterocycles. The second-order valence-corrected chi connectivity index (χ2v) is 6.77. The molecule has 1 aliphatic rings. The van der Waals surface area contributed by atoms with Crippen LogP contribution in [0.1, 0.15) is 28.2 Å². The van der Waals surface area contributed by atoms with Crippen molar-refractivity contribution in [1.82, 2.24) is 14.3 Å². The van der Waals surface area contributed by atoms with E-state index in [0.717, 1.165) is 30.0 Å². The smallest absolute Gasteiger partial charge is 0.164 e. The molecule has 1 fully saturated rings. The topological polar surface area (TPSA) is 46.8 Å². The Morgan fingerprint density at radius 3 is 2.85 bits per heavy atom. The number of benzene rings is 1. The third kappa shape index (κ3) is 3.41. The average Bonchev–Trinajstić information content (AvgIpc) is 2.99. The van der Waals surface area contributed by atoms with Crippen molar-refractivity contribution in [2.24, 2.45) is 0 Å². The van der Waals surface area contributed by atoms with Crippen LogP contribution in [0.3, 0.4) is 0 Å². The van der Waals surface area contributed by atoms with Gasteiger partial charge in [0.1, 0.15) is 5.65 Å². The molecule has 0 saturated carbocycles. The molecule has 1 aliphatic heterocycles. The first-order valence-corrected chi connectivity index (χ1v) is 9.05. The van der Waals surface area contributed by atoms with E-state index >= 15 is 0 Å². The number of aryl methyl sites for hydroxylation is 1. The van der Waals surface area contributed by atoms with Crippen LogP contribution in [0.5, 0.6) is 0 Å². The highest BCUT2D eigenvalue weighted by molar-refractivity contribution is 5.96. The quantitative estimate of drug-likeness (QED) is 0.664. The molecule has 26 heavy (non-hydrogen) atoms. The molecule has 0 amide bonds. The zero-order valence-electron chi connectivity index (χ0n) is 15.0. The van der Waals surface area contributed by atoms with E-state index in [4.69, 9.17) is 4.74 Å². The first kappa shape index (κ1) is 16.9. The molecule has 1 saturated heterocycles. The number of ether oxygens (including phenoxy) is 1. The van der Waals surface area contributed by atoms with Gasteiger partial charge in [0.25, 0.3) is 0 Å². The van der Waals surface area contributed by atoms with E-state index in [-0.39, 0.29) is 11.8 Å². The molecule has 3 heterocycles. The third-order valence-corrected chi connectivity index (χ3v) is 5.05. The summed E-state index contributed by atoms with van der Waals surface area (Å²) in [5.74, 6) is 0.168. The number of imidazole rings is 1. The highest BCUT2D eigenvalue weighted by atomic mass is 16.5. The van der Waals surface area contributed by atoms with Gasteiger partial charge in [0.15, 0.2) is 5.78 Å². The predicted octanol–water partition coefficient (Wildman–Crippen LogP) is 3.12. The van der Waals surface area contributed by atoms with Crippen molar-refractivity contribution in [3.63, 3.8) is 0 Å². The van der Waals surface area contributed by atoms with Gasteiger partial charge in [-0.05, 0) is 19.1 Å². The van der Waals surface area contributed by atoms with Crippen LogP contribution in [-0.2, 0) is 11.3 Å². The molecule has 1 aromatic carbocycles. The number of carbonyl (C=O) groups is 1. The summed E-state index contributed by atoms with van der Waals surface area (Å²) < 4.78 is 7.81. The van der Waals surface area contributed by atoms with E-state index in [1.807, 2.05) is 55.5 Å². The molecule has 3 aromatic rings. The molecule has 4 rings (SSSR count). The zero-order valence-corrected chi connectivity index (χ0v) is 15.0. The standard InChI is InChI=1S/C21H23N3O2/c1-16-19(24-10-6-5-9-21(24)22-16)14-23-11-12-26-15-18(23)13-20(25)17-7-3-2-4-8-17/h2-10,18H,11-15H2,1H3/t18-/m0/s1. The number of rotatable bonds is 5. The summed E-state index contributed by atoms with van der Waals surface area (Å²) in [6, 6.07) is 15.6. The summed E-state index contributed by atoms with van der Waals surface area (Å²) in [6.45, 7) is 4.94. The van der Waals surface area contributed by atoms with Crippen molar-refractivity contribution in [2.75, 3.05) is 19.8 Å². The molecule has 0 bridgehead atoms. The lowest BCUT2D eigenvalue weighted by Gasteiger charge is -2.35. The highest BCUT2D eigenvalue weighted by Gasteiger charge is 2.27. The first-order valence-electron chi connectivity index (χ1n) is 9.05. The monoisotopic (exact) mass is 349 g/mol. The van der Waals surface area contributed by atoms with E-state index in [0.29, 0.717) is 19.6 Å². The lowest BCUT2D eigenvalue weighted by atomic mass is 10.0. The fourth-order valence-electron chi connectivity index (χ4n) is 3.59. The fraction of sp³-hybridized carbons (Fsp3) is 0.333. The number of hydrogen-bond donors (Lipinski definition) is 0. The van der Waals surface area contributed by atoms with Gasteiger partial charge in [0, 0.05) is 37.3 Å². The van der Waals surface area contributed by atoms with Gasteiger partial charge in [-0.15, -0.1) is 0 Å². The summed E-state index contributed by atoms with van der Waals surface area (Å²) in [7, 11) is 0. The number of fused-ring (bicyclic) bond motifs is 1. The molecule has 0 N–H and O–H groups in total. The normalized spacial score (nSPS) is 18.3. The van der Waals surface area contributed by atoms with E-state index < -0.39 is 0 Å². The van der Waals surface area contributed by atoms with Gasteiger partial charge in [-0.2, -0.15) is 0 Å². The summed E-state index contributed by atoms with van der Waals surface area (Å²) in [5, 5.41) is 0. The summed E-state index contributed by atoms with van der Waals surface area (Å²) >= 11 is 0. The molecular formula is C21H23N3O2. The summed E-state index contributed by atoms with van der Waals surface area (Å²) in [6.07, 6.45) is 2.52. The van der Waals surface area contributed by atoms with Gasteiger partial charge in [0.2, 0.25) is 0 Å². The number of ketones is 1. The summed E-state index contributed by atoms with van der Waals surface area (Å²) in [4.78, 5) is 19.6. The number of hydrogen-bond acceptors (Lipinski definition) is 4. The largest absolute Gasteiger partial charge is 0.378 e. The van der Waals surface area contributed by atoms with Crippen molar-refractivity contribution >= 4 is 11.4 Å². The minimum atomic E-state index is 0.0881. The van der Waals surface area contributed by atoms with Gasteiger partial charge >= 0.3 is 0 Å². The summed E-state index contributed by atoms with van der Waals surface area (Å²) in [5.41, 5.74) is 3.95. The molecule has 0 aliphatic carbocycles. The second kappa shape index (κ2) is 7.40. The maximum Gasteiger partial charge on any atom is 0.164 e. The van der Waals surface area contributed by atoms with Crippen LogP contribution in [0.2, 0.25) is 0 Å². The number of pyridine rings is 1. The van der Waals surface area contributed by atoms with Crippen LogP contribution < -0.4 is 0 Å². The van der Waals surface area contributed by atoms with Crippen molar-refractivity contribution < 1.29 is 9.53 Å². The average molecular weight is 349 g/mol. The van der Waals surface area contributed by atoms with Crippen molar-refractivity contribution in [3.8, 4) is 0 Å². The minimum absolute atomic E-state index is 0.0881. The predicted molar refractivity (Wildman–Crippen MR) is 100 cm³/mol. The molecule has 0 radical (unpaired) electrons. The second-order valence-electron chi connectivity index (χ2n) is 6.77. The van der Waals surface area contributed by atoms with E-state index in [1.54, 1.807) is 0 Å². The maximum absolute atomic E-state index is 12.6. The van der Waals surface area contributed by atoms with Crippen molar-refractivity contribution in [2.45, 2.75) is 25.9 Å². The lowest BCUT2D eigenvalue weighted by molar-refractivity contribution is -0.0132. The van der Waals surface area contributed by atoms with Crippen molar-refractivity contribution in [3.05, 3.63) is 71.7 Å². The number of Topliss-reactive ketones (excluding diaryl/α,β-unsaturated/α-hetero) is 1. The Balaban J connectivity index is 1.54. The third-order valence-electron chi connectivity index (χ3n) is 5.05. The molecule has 5 heteroatoms. The van der Waals surface area contributed by atoms with Gasteiger partial charge in [-0.25, -0.2) is 4.98 Å². The molecule has 134 valence electrons. The molecule has 0 spiro atoms. The Kier molecular flexibility index (Phi) is 4.82. The van der Waals surface area contributed by atoms with Gasteiger partial charge in [-0.3, -0.25) is 9.69 Å². The maximum atomic E-state index is 12.6. The Morgan fingerprint density at radius 2 is 2.00 bits per heavy atom. The lowest BCUT2D eigenvalue weighted by Crippen LogP contribution is -2.46. The van der Waals surface area contributed by atoms with Gasteiger partial charge in [0.05, 0.1) is 24.6 Å². The van der Waals surface area contributed by atoms with Crippen LogP contribution in [-0.4, -0.2) is 45.9 Å². The van der Waals surface area contributed by atoms with Gasteiger partial charge in [-0.1, -0.05) is 36.4 Å². The van der Waals surface area contributed by atoms with E-state index in [9.17, 15) is 4.79 Å². The molecular weight excluding hydrogens is 326 g/mol. The Morgan fingerprint density at radius 1 is 1.19 bits per heavy atom. The van der Waals surface area contributed by atoms with E-state index in [1.165, 1.54) is 5.69 Å².